The quantitative estimate of drug-likeness (QED) is 0.891. The Bertz CT molecular complexity index is 510. The van der Waals surface area contributed by atoms with Gasteiger partial charge >= 0.3 is 5.97 Å². The monoisotopic (exact) mass is 246 g/mol. The Labute approximate surface area is 107 Å². The Balaban J connectivity index is 2.10. The lowest BCUT2D eigenvalue weighted by molar-refractivity contribution is -0.161. The maximum Gasteiger partial charge on any atom is 0.310 e. The smallest absolute Gasteiger partial charge is 0.310 e. The van der Waals surface area contributed by atoms with E-state index in [4.69, 9.17) is 4.74 Å². The van der Waals surface area contributed by atoms with Gasteiger partial charge in [0.2, 0.25) is 0 Å². The summed E-state index contributed by atoms with van der Waals surface area (Å²) in [6.07, 6.45) is 1.55. The highest BCUT2D eigenvalue weighted by Gasteiger charge is 2.68. The maximum absolute atomic E-state index is 11.6. The largest absolute Gasteiger partial charge is 0.481 e. The van der Waals surface area contributed by atoms with Gasteiger partial charge in [0.25, 0.3) is 0 Å². The zero-order chi connectivity index (χ0) is 13.0. The minimum absolute atomic E-state index is 0.295. The summed E-state index contributed by atoms with van der Waals surface area (Å²) in [6.45, 7) is 5.22. The normalized spacial score (nSPS) is 23.2. The molecular weight excluding hydrogens is 228 g/mol. The van der Waals surface area contributed by atoms with E-state index >= 15 is 0 Å². The van der Waals surface area contributed by atoms with Crippen molar-refractivity contribution < 1.29 is 14.6 Å². The summed E-state index contributed by atoms with van der Waals surface area (Å²) < 4.78 is 5.39. The average Bonchev–Trinajstić information content (AvgIpc) is 3.01. The fraction of sp³-hybridized carbons (Fsp3) is 0.533. The van der Waals surface area contributed by atoms with Crippen molar-refractivity contribution in [2.24, 2.45) is 5.41 Å². The van der Waals surface area contributed by atoms with Crippen molar-refractivity contribution in [3.05, 3.63) is 34.9 Å². The lowest BCUT2D eigenvalue weighted by Crippen LogP contribution is -2.56. The van der Waals surface area contributed by atoms with E-state index in [-0.39, 0.29) is 5.41 Å². The summed E-state index contributed by atoms with van der Waals surface area (Å²) >= 11 is 0. The lowest BCUT2D eigenvalue weighted by atomic mass is 9.65. The number of ether oxygens (including phenoxy) is 1. The molecule has 1 aromatic rings. The Kier molecular flexibility index (Phi) is 2.33. The first-order valence-electron chi connectivity index (χ1n) is 6.41. The number of hydrogen-bond acceptors (Lipinski definition) is 2. The van der Waals surface area contributed by atoms with Crippen molar-refractivity contribution in [3.63, 3.8) is 0 Å². The summed E-state index contributed by atoms with van der Waals surface area (Å²) in [6, 6.07) is 6.30. The summed E-state index contributed by atoms with van der Waals surface area (Å²) in [5.41, 5.74) is 2.69. The van der Waals surface area contributed by atoms with E-state index in [9.17, 15) is 9.90 Å². The van der Waals surface area contributed by atoms with Crippen LogP contribution in [0.2, 0.25) is 0 Å². The molecule has 1 aliphatic heterocycles. The van der Waals surface area contributed by atoms with Gasteiger partial charge in [-0.3, -0.25) is 4.79 Å². The molecule has 18 heavy (non-hydrogen) atoms. The van der Waals surface area contributed by atoms with Crippen LogP contribution in [-0.4, -0.2) is 24.3 Å². The first-order chi connectivity index (χ1) is 8.52. The van der Waals surface area contributed by atoms with Crippen LogP contribution in [0.15, 0.2) is 18.2 Å². The Hall–Kier alpha value is -1.35. The van der Waals surface area contributed by atoms with Crippen LogP contribution >= 0.6 is 0 Å². The standard InChI is InChI=1S/C15H18O3/c1-10-3-4-12(11(2)7-10)15(8-18-9-15)14(5-6-14)13(16)17/h3-4,7H,5-6,8-9H2,1-2H3,(H,16,17). The van der Waals surface area contributed by atoms with Crippen LogP contribution in [0.4, 0.5) is 0 Å². The Morgan fingerprint density at radius 3 is 2.33 bits per heavy atom. The molecule has 1 saturated carbocycles. The third-order valence-corrected chi connectivity index (χ3v) is 4.67. The van der Waals surface area contributed by atoms with Gasteiger partial charge < -0.3 is 9.84 Å². The first kappa shape index (κ1) is 11.7. The number of hydrogen-bond donors (Lipinski definition) is 1. The zero-order valence-electron chi connectivity index (χ0n) is 10.8. The number of aliphatic carboxylic acids is 1. The van der Waals surface area contributed by atoms with Gasteiger partial charge in [-0.05, 0) is 37.8 Å². The van der Waals surface area contributed by atoms with Gasteiger partial charge in [0, 0.05) is 0 Å². The molecule has 3 heteroatoms. The minimum Gasteiger partial charge on any atom is -0.481 e. The number of rotatable bonds is 3. The van der Waals surface area contributed by atoms with Gasteiger partial charge in [0.15, 0.2) is 0 Å². The number of carboxylic acid groups (broad SMARTS) is 1. The van der Waals surface area contributed by atoms with Crippen molar-refractivity contribution in [2.45, 2.75) is 32.1 Å². The molecule has 2 aliphatic rings. The van der Waals surface area contributed by atoms with Gasteiger partial charge in [-0.2, -0.15) is 0 Å². The second kappa shape index (κ2) is 3.58. The van der Waals surface area contributed by atoms with Gasteiger partial charge in [-0.15, -0.1) is 0 Å². The van der Waals surface area contributed by atoms with E-state index in [0.717, 1.165) is 12.8 Å². The molecule has 0 unspecified atom stereocenters. The topological polar surface area (TPSA) is 46.5 Å². The van der Waals surface area contributed by atoms with Crippen LogP contribution in [0.25, 0.3) is 0 Å². The predicted molar refractivity (Wildman–Crippen MR) is 67.7 cm³/mol. The SMILES string of the molecule is Cc1ccc(C2(C3(C(=O)O)CC3)COC2)c(C)c1. The Morgan fingerprint density at radius 2 is 1.94 bits per heavy atom. The number of carboxylic acids is 1. The van der Waals surface area contributed by atoms with Crippen LogP contribution in [-0.2, 0) is 14.9 Å². The third-order valence-electron chi connectivity index (χ3n) is 4.67. The summed E-state index contributed by atoms with van der Waals surface area (Å²) in [5.74, 6) is -0.661. The average molecular weight is 246 g/mol. The van der Waals surface area contributed by atoms with Crippen LogP contribution in [0.5, 0.6) is 0 Å². The first-order valence-corrected chi connectivity index (χ1v) is 6.41. The van der Waals surface area contributed by atoms with E-state index in [0.29, 0.717) is 13.2 Å². The van der Waals surface area contributed by atoms with Gasteiger partial charge in [-0.1, -0.05) is 23.8 Å². The molecule has 1 aromatic carbocycles. The van der Waals surface area contributed by atoms with Crippen molar-refractivity contribution >= 4 is 5.97 Å². The highest BCUT2D eigenvalue weighted by Crippen LogP contribution is 2.63. The summed E-state index contributed by atoms with van der Waals surface area (Å²) in [5, 5.41) is 9.56. The van der Waals surface area contributed by atoms with Gasteiger partial charge in [-0.25, -0.2) is 0 Å². The van der Waals surface area contributed by atoms with E-state index < -0.39 is 11.4 Å². The van der Waals surface area contributed by atoms with Crippen molar-refractivity contribution in [3.8, 4) is 0 Å². The highest BCUT2D eigenvalue weighted by molar-refractivity contribution is 5.81. The molecule has 2 fully saturated rings. The lowest BCUT2D eigenvalue weighted by Gasteiger charge is -2.47. The predicted octanol–water partition coefficient (Wildman–Crippen LogP) is 2.44. The summed E-state index contributed by atoms with van der Waals surface area (Å²) in [7, 11) is 0. The Morgan fingerprint density at radius 1 is 1.28 bits per heavy atom. The van der Waals surface area contributed by atoms with Crippen LogP contribution in [0.3, 0.4) is 0 Å². The molecule has 96 valence electrons. The molecule has 0 bridgehead atoms. The van der Waals surface area contributed by atoms with E-state index in [1.807, 2.05) is 0 Å². The molecular formula is C15H18O3. The van der Waals surface area contributed by atoms with Gasteiger partial charge in [0.05, 0.1) is 24.0 Å². The van der Waals surface area contributed by atoms with Gasteiger partial charge in [0.1, 0.15) is 0 Å². The molecule has 1 heterocycles. The molecule has 1 aliphatic carbocycles. The van der Waals surface area contributed by atoms with Crippen molar-refractivity contribution in [2.75, 3.05) is 13.2 Å². The third kappa shape index (κ3) is 1.31. The molecule has 3 rings (SSSR count). The fourth-order valence-electron chi connectivity index (χ4n) is 3.37. The van der Waals surface area contributed by atoms with Crippen LogP contribution < -0.4 is 0 Å². The summed E-state index contributed by atoms with van der Waals surface area (Å²) in [4.78, 5) is 11.6. The molecule has 3 nitrogen and oxygen atoms in total. The van der Waals surface area contributed by atoms with E-state index in [1.165, 1.54) is 16.7 Å². The molecule has 1 saturated heterocycles. The van der Waals surface area contributed by atoms with Crippen molar-refractivity contribution in [1.82, 2.24) is 0 Å². The van der Waals surface area contributed by atoms with Crippen LogP contribution in [0, 0.1) is 19.3 Å². The highest BCUT2D eigenvalue weighted by atomic mass is 16.5. The molecule has 0 atom stereocenters. The molecule has 0 amide bonds. The molecule has 1 N–H and O–H groups in total. The van der Waals surface area contributed by atoms with Crippen LogP contribution in [0.1, 0.15) is 29.5 Å². The maximum atomic E-state index is 11.6. The molecule has 0 spiro atoms. The second-order valence-corrected chi connectivity index (χ2v) is 5.78. The number of benzene rings is 1. The molecule has 0 aromatic heterocycles. The second-order valence-electron chi connectivity index (χ2n) is 5.78. The fourth-order valence-corrected chi connectivity index (χ4v) is 3.37. The minimum atomic E-state index is -0.661. The zero-order valence-corrected chi connectivity index (χ0v) is 10.8. The van der Waals surface area contributed by atoms with E-state index in [2.05, 4.69) is 32.0 Å². The van der Waals surface area contributed by atoms with Crippen molar-refractivity contribution in [1.29, 1.82) is 0 Å². The molecule has 0 radical (unpaired) electrons. The number of carbonyl (C=O) groups is 1. The number of aryl methyl sites for hydroxylation is 2. The van der Waals surface area contributed by atoms with E-state index in [1.54, 1.807) is 0 Å².